The smallest absolute Gasteiger partial charge is 0.304 e. The van der Waals surface area contributed by atoms with Crippen molar-refractivity contribution in [3.05, 3.63) is 22.2 Å². The number of Topliss-reactive ketones (excluding diaryl/α,β-unsaturated/α-hetero) is 1. The second kappa shape index (κ2) is 5.92. The van der Waals surface area contributed by atoms with Crippen LogP contribution in [0, 0.1) is 0 Å². The highest BCUT2D eigenvalue weighted by Gasteiger charge is 2.24. The molecule has 1 aliphatic heterocycles. The van der Waals surface area contributed by atoms with Crippen LogP contribution >= 0.6 is 31.9 Å². The first-order chi connectivity index (χ1) is 8.99. The normalized spacial score (nSPS) is 14.8. The molecule has 1 N–H and O–H groups in total. The molecule has 1 aromatic rings. The summed E-state index contributed by atoms with van der Waals surface area (Å²) in [4.78, 5) is 22.0. The number of fused-ring (bicyclic) bond motifs is 1. The maximum atomic E-state index is 12.2. The Morgan fingerprint density at radius 2 is 1.84 bits per heavy atom. The van der Waals surface area contributed by atoms with Gasteiger partial charge in [-0.15, -0.1) is 0 Å². The van der Waals surface area contributed by atoms with Crippen LogP contribution in [0.2, 0.25) is 0 Å². The molecule has 1 aliphatic rings. The van der Waals surface area contributed by atoms with Gasteiger partial charge in [-0.1, -0.05) is 15.9 Å². The molecule has 5 nitrogen and oxygen atoms in total. The summed E-state index contributed by atoms with van der Waals surface area (Å²) in [5.41, 5.74) is 0.368. The van der Waals surface area contributed by atoms with Gasteiger partial charge >= 0.3 is 5.97 Å². The topological polar surface area (TPSA) is 72.8 Å². The molecular formula is C12H10Br2O5. The minimum atomic E-state index is -1.04. The van der Waals surface area contributed by atoms with Gasteiger partial charge in [-0.25, -0.2) is 0 Å². The van der Waals surface area contributed by atoms with E-state index in [4.69, 9.17) is 14.6 Å². The van der Waals surface area contributed by atoms with Crippen LogP contribution in [0.5, 0.6) is 11.5 Å². The van der Waals surface area contributed by atoms with E-state index in [0.29, 0.717) is 34.7 Å². The predicted molar refractivity (Wildman–Crippen MR) is 74.4 cm³/mol. The molecule has 0 saturated heterocycles. The van der Waals surface area contributed by atoms with Gasteiger partial charge in [-0.3, -0.25) is 9.59 Å². The Morgan fingerprint density at radius 3 is 2.42 bits per heavy atom. The molecule has 102 valence electrons. The Bertz CT molecular complexity index is 529. The number of halogens is 2. The first-order valence-electron chi connectivity index (χ1n) is 5.48. The molecule has 0 saturated carbocycles. The third-order valence-electron chi connectivity index (χ3n) is 2.54. The van der Waals surface area contributed by atoms with Crippen LogP contribution in [0.25, 0.3) is 0 Å². The SMILES string of the molecule is O=C(O)CC(Br)C(=O)c1cc2c(cc1Br)OCCO2. The van der Waals surface area contributed by atoms with Crippen molar-refractivity contribution in [2.45, 2.75) is 11.2 Å². The molecule has 0 aromatic heterocycles. The molecular weight excluding hydrogens is 384 g/mol. The van der Waals surface area contributed by atoms with Crippen LogP contribution in [0.3, 0.4) is 0 Å². The predicted octanol–water partition coefficient (Wildman–Crippen LogP) is 2.64. The first-order valence-corrected chi connectivity index (χ1v) is 7.19. The molecule has 0 fully saturated rings. The third-order valence-corrected chi connectivity index (χ3v) is 3.93. The summed E-state index contributed by atoms with van der Waals surface area (Å²) in [5, 5.41) is 8.70. The fourth-order valence-corrected chi connectivity index (χ4v) is 2.71. The average molecular weight is 394 g/mol. The van der Waals surface area contributed by atoms with E-state index in [2.05, 4.69) is 31.9 Å². The van der Waals surface area contributed by atoms with Crippen LogP contribution in [0.15, 0.2) is 16.6 Å². The molecule has 2 rings (SSSR count). The first kappa shape index (κ1) is 14.3. The fourth-order valence-electron chi connectivity index (χ4n) is 1.67. The number of carbonyl (C=O) groups is 2. The molecule has 1 aromatic carbocycles. The highest BCUT2D eigenvalue weighted by atomic mass is 79.9. The number of carbonyl (C=O) groups excluding carboxylic acids is 1. The third kappa shape index (κ3) is 3.27. The summed E-state index contributed by atoms with van der Waals surface area (Å²) in [6.07, 6.45) is -0.278. The molecule has 0 amide bonds. The zero-order chi connectivity index (χ0) is 14.0. The van der Waals surface area contributed by atoms with E-state index in [9.17, 15) is 9.59 Å². The summed E-state index contributed by atoms with van der Waals surface area (Å²) >= 11 is 6.37. The average Bonchev–Trinajstić information content (AvgIpc) is 2.36. The molecule has 0 bridgehead atoms. The molecule has 7 heteroatoms. The maximum absolute atomic E-state index is 12.2. The van der Waals surface area contributed by atoms with Crippen molar-refractivity contribution < 1.29 is 24.2 Å². The monoisotopic (exact) mass is 392 g/mol. The summed E-state index contributed by atoms with van der Waals surface area (Å²) in [7, 11) is 0. The Morgan fingerprint density at radius 1 is 1.26 bits per heavy atom. The fraction of sp³-hybridized carbons (Fsp3) is 0.333. The van der Waals surface area contributed by atoms with E-state index < -0.39 is 10.8 Å². The van der Waals surface area contributed by atoms with Crippen molar-refractivity contribution in [3.63, 3.8) is 0 Å². The van der Waals surface area contributed by atoms with Gasteiger partial charge in [0, 0.05) is 10.0 Å². The number of alkyl halides is 1. The lowest BCUT2D eigenvalue weighted by molar-refractivity contribution is -0.136. The summed E-state index contributed by atoms with van der Waals surface area (Å²) in [5.74, 6) is -0.290. The summed E-state index contributed by atoms with van der Waals surface area (Å²) < 4.78 is 11.3. The quantitative estimate of drug-likeness (QED) is 0.628. The lowest BCUT2D eigenvalue weighted by atomic mass is 10.1. The van der Waals surface area contributed by atoms with Crippen LogP contribution in [-0.4, -0.2) is 34.9 Å². The number of aliphatic carboxylic acids is 1. The number of carboxylic acids is 1. The van der Waals surface area contributed by atoms with E-state index in [0.717, 1.165) is 0 Å². The molecule has 1 heterocycles. The largest absolute Gasteiger partial charge is 0.486 e. The Balaban J connectivity index is 2.29. The van der Waals surface area contributed by atoms with Gasteiger partial charge in [-0.05, 0) is 28.1 Å². The zero-order valence-electron chi connectivity index (χ0n) is 9.69. The minimum absolute atomic E-state index is 0.278. The Hall–Kier alpha value is -1.08. The number of benzene rings is 1. The Kier molecular flexibility index (Phi) is 4.46. The van der Waals surface area contributed by atoms with E-state index in [1.54, 1.807) is 12.1 Å². The van der Waals surface area contributed by atoms with Gasteiger partial charge in [0.2, 0.25) is 0 Å². The van der Waals surface area contributed by atoms with Crippen molar-refractivity contribution in [1.29, 1.82) is 0 Å². The number of hydrogen-bond acceptors (Lipinski definition) is 4. The molecule has 0 radical (unpaired) electrons. The zero-order valence-corrected chi connectivity index (χ0v) is 12.9. The second-order valence-electron chi connectivity index (χ2n) is 3.91. The van der Waals surface area contributed by atoms with Crippen molar-refractivity contribution in [2.24, 2.45) is 0 Å². The van der Waals surface area contributed by atoms with Crippen LogP contribution in [-0.2, 0) is 4.79 Å². The minimum Gasteiger partial charge on any atom is -0.486 e. The van der Waals surface area contributed by atoms with Gasteiger partial charge in [0.05, 0.1) is 11.2 Å². The van der Waals surface area contributed by atoms with Crippen molar-refractivity contribution in [1.82, 2.24) is 0 Å². The van der Waals surface area contributed by atoms with E-state index >= 15 is 0 Å². The molecule has 1 unspecified atom stereocenters. The van der Waals surface area contributed by atoms with E-state index in [1.165, 1.54) is 0 Å². The Labute approximate surface area is 126 Å². The summed E-state index contributed by atoms with van der Waals surface area (Å²) in [6, 6.07) is 3.22. The van der Waals surface area contributed by atoms with Crippen LogP contribution in [0.1, 0.15) is 16.8 Å². The van der Waals surface area contributed by atoms with Crippen molar-refractivity contribution >= 4 is 43.6 Å². The number of ether oxygens (including phenoxy) is 2. The van der Waals surface area contributed by atoms with Gasteiger partial charge in [0.15, 0.2) is 17.3 Å². The van der Waals surface area contributed by atoms with E-state index in [1.807, 2.05) is 0 Å². The molecule has 19 heavy (non-hydrogen) atoms. The highest BCUT2D eigenvalue weighted by molar-refractivity contribution is 9.10. The van der Waals surface area contributed by atoms with Gasteiger partial charge in [0.25, 0.3) is 0 Å². The maximum Gasteiger partial charge on any atom is 0.304 e. The van der Waals surface area contributed by atoms with E-state index in [-0.39, 0.29) is 12.2 Å². The van der Waals surface area contributed by atoms with Crippen LogP contribution < -0.4 is 9.47 Å². The van der Waals surface area contributed by atoms with Crippen LogP contribution in [0.4, 0.5) is 0 Å². The van der Waals surface area contributed by atoms with Gasteiger partial charge in [0.1, 0.15) is 13.2 Å². The number of carboxylic acid groups (broad SMARTS) is 1. The molecule has 0 aliphatic carbocycles. The van der Waals surface area contributed by atoms with Gasteiger partial charge < -0.3 is 14.6 Å². The molecule has 0 spiro atoms. The van der Waals surface area contributed by atoms with Crippen molar-refractivity contribution in [3.8, 4) is 11.5 Å². The number of hydrogen-bond donors (Lipinski definition) is 1. The summed E-state index contributed by atoms with van der Waals surface area (Å²) in [6.45, 7) is 0.891. The number of ketones is 1. The van der Waals surface area contributed by atoms with Gasteiger partial charge in [-0.2, -0.15) is 0 Å². The standard InChI is InChI=1S/C12H10Br2O5/c13-7-4-10-9(18-1-2-19-10)3-6(7)12(17)8(14)5-11(15)16/h3-4,8H,1-2,5H2,(H,15,16). The molecule has 1 atom stereocenters. The lowest BCUT2D eigenvalue weighted by Gasteiger charge is -2.20. The lowest BCUT2D eigenvalue weighted by Crippen LogP contribution is -2.20. The van der Waals surface area contributed by atoms with Crippen molar-refractivity contribution in [2.75, 3.05) is 13.2 Å². The second-order valence-corrected chi connectivity index (χ2v) is 5.87. The highest BCUT2D eigenvalue weighted by Crippen LogP contribution is 2.36. The number of rotatable bonds is 4.